The fraction of sp³-hybridized carbons (Fsp3) is 0.400. The molecule has 130 valence electrons. The van der Waals surface area contributed by atoms with Gasteiger partial charge >= 0.3 is 0 Å². The third kappa shape index (κ3) is 4.84. The van der Waals surface area contributed by atoms with Crippen molar-refractivity contribution in [2.24, 2.45) is 0 Å². The summed E-state index contributed by atoms with van der Waals surface area (Å²) in [7, 11) is -1.47. The molecule has 0 aliphatic heterocycles. The second-order valence-corrected chi connectivity index (χ2v) is 9.78. The van der Waals surface area contributed by atoms with Crippen molar-refractivity contribution >= 4 is 9.84 Å². The molecule has 0 aliphatic rings. The molecule has 0 bridgehead atoms. The van der Waals surface area contributed by atoms with Crippen LogP contribution in [0.2, 0.25) is 0 Å². The highest BCUT2D eigenvalue weighted by Crippen LogP contribution is 2.21. The SMILES string of the molecule is COc1ccc(CCc2ccc(CS(=O)(=O)C(C)(C)C)cc2)cc1. The van der Waals surface area contributed by atoms with Gasteiger partial charge in [-0.15, -0.1) is 0 Å². The van der Waals surface area contributed by atoms with E-state index in [2.05, 4.69) is 12.1 Å². The van der Waals surface area contributed by atoms with Gasteiger partial charge in [0.2, 0.25) is 0 Å². The van der Waals surface area contributed by atoms with E-state index in [9.17, 15) is 8.42 Å². The lowest BCUT2D eigenvalue weighted by molar-refractivity contribution is 0.414. The third-order valence-corrected chi connectivity index (χ3v) is 6.75. The molecular weight excluding hydrogens is 320 g/mol. The highest BCUT2D eigenvalue weighted by atomic mass is 32.2. The molecule has 0 fully saturated rings. The van der Waals surface area contributed by atoms with Crippen LogP contribution in [0.5, 0.6) is 5.75 Å². The first-order chi connectivity index (χ1) is 11.2. The molecule has 3 nitrogen and oxygen atoms in total. The zero-order valence-corrected chi connectivity index (χ0v) is 15.7. The summed E-state index contributed by atoms with van der Waals surface area (Å²) in [6.45, 7) is 5.22. The summed E-state index contributed by atoms with van der Waals surface area (Å²) in [4.78, 5) is 0. The van der Waals surface area contributed by atoms with Crippen LogP contribution in [-0.4, -0.2) is 20.3 Å². The van der Waals surface area contributed by atoms with Gasteiger partial charge in [-0.25, -0.2) is 8.42 Å². The van der Waals surface area contributed by atoms with Crippen molar-refractivity contribution in [2.45, 2.75) is 44.1 Å². The van der Waals surface area contributed by atoms with Gasteiger partial charge in [-0.2, -0.15) is 0 Å². The minimum atomic E-state index is -3.14. The van der Waals surface area contributed by atoms with Crippen LogP contribution in [0.15, 0.2) is 48.5 Å². The number of benzene rings is 2. The number of ether oxygens (including phenoxy) is 1. The summed E-state index contributed by atoms with van der Waals surface area (Å²) >= 11 is 0. The minimum absolute atomic E-state index is 0.0925. The summed E-state index contributed by atoms with van der Waals surface area (Å²) in [6, 6.07) is 16.0. The fourth-order valence-electron chi connectivity index (χ4n) is 2.32. The first-order valence-electron chi connectivity index (χ1n) is 8.14. The van der Waals surface area contributed by atoms with Crippen molar-refractivity contribution in [3.63, 3.8) is 0 Å². The van der Waals surface area contributed by atoms with Crippen LogP contribution in [0, 0.1) is 0 Å². The lowest BCUT2D eigenvalue weighted by atomic mass is 10.0. The largest absolute Gasteiger partial charge is 0.497 e. The van der Waals surface area contributed by atoms with E-state index in [4.69, 9.17) is 4.74 Å². The van der Waals surface area contributed by atoms with Gasteiger partial charge in [0.05, 0.1) is 17.6 Å². The number of aryl methyl sites for hydroxylation is 2. The topological polar surface area (TPSA) is 43.4 Å². The molecule has 0 aromatic heterocycles. The summed E-state index contributed by atoms with van der Waals surface area (Å²) in [6.07, 6.45) is 1.88. The molecule has 0 unspecified atom stereocenters. The Kier molecular flexibility index (Phi) is 5.70. The number of methoxy groups -OCH3 is 1. The van der Waals surface area contributed by atoms with Crippen LogP contribution >= 0.6 is 0 Å². The summed E-state index contributed by atoms with van der Waals surface area (Å²) in [5.41, 5.74) is 3.32. The second kappa shape index (κ2) is 7.39. The van der Waals surface area contributed by atoms with Crippen LogP contribution in [0.1, 0.15) is 37.5 Å². The fourth-order valence-corrected chi connectivity index (χ4v) is 3.38. The molecule has 2 rings (SSSR count). The first-order valence-corrected chi connectivity index (χ1v) is 9.79. The molecule has 0 spiro atoms. The van der Waals surface area contributed by atoms with Gasteiger partial charge in [0, 0.05) is 0 Å². The Labute approximate surface area is 145 Å². The van der Waals surface area contributed by atoms with E-state index in [-0.39, 0.29) is 5.75 Å². The molecule has 4 heteroatoms. The van der Waals surface area contributed by atoms with Gasteiger partial charge in [-0.3, -0.25) is 0 Å². The lowest BCUT2D eigenvalue weighted by Crippen LogP contribution is -2.29. The molecule has 0 atom stereocenters. The predicted molar refractivity (Wildman–Crippen MR) is 99.2 cm³/mol. The minimum Gasteiger partial charge on any atom is -0.497 e. The van der Waals surface area contributed by atoms with Gasteiger partial charge in [0.1, 0.15) is 5.75 Å². The molecule has 0 aliphatic carbocycles. The van der Waals surface area contributed by atoms with Crippen molar-refractivity contribution in [1.82, 2.24) is 0 Å². The van der Waals surface area contributed by atoms with Crippen LogP contribution in [-0.2, 0) is 28.4 Å². The van der Waals surface area contributed by atoms with Gasteiger partial charge in [0.25, 0.3) is 0 Å². The molecule has 2 aromatic carbocycles. The summed E-state index contributed by atoms with van der Waals surface area (Å²) in [5.74, 6) is 0.957. The van der Waals surface area contributed by atoms with E-state index < -0.39 is 14.6 Å². The number of hydrogen-bond donors (Lipinski definition) is 0. The van der Waals surface area contributed by atoms with E-state index >= 15 is 0 Å². The van der Waals surface area contributed by atoms with Crippen molar-refractivity contribution in [2.75, 3.05) is 7.11 Å². The highest BCUT2D eigenvalue weighted by Gasteiger charge is 2.28. The molecule has 2 aromatic rings. The Morgan fingerprint density at radius 1 is 0.792 bits per heavy atom. The van der Waals surface area contributed by atoms with Crippen molar-refractivity contribution in [3.05, 3.63) is 65.2 Å². The Balaban J connectivity index is 1.97. The third-order valence-electron chi connectivity index (χ3n) is 4.17. The molecule has 0 saturated heterocycles. The van der Waals surface area contributed by atoms with E-state index in [1.165, 1.54) is 11.1 Å². The molecule has 0 radical (unpaired) electrons. The quantitative estimate of drug-likeness (QED) is 0.787. The van der Waals surface area contributed by atoms with E-state index in [1.807, 2.05) is 36.4 Å². The molecule has 0 amide bonds. The van der Waals surface area contributed by atoms with Crippen molar-refractivity contribution in [1.29, 1.82) is 0 Å². The van der Waals surface area contributed by atoms with Gasteiger partial charge in [0.15, 0.2) is 9.84 Å². The van der Waals surface area contributed by atoms with Crippen molar-refractivity contribution in [3.8, 4) is 5.75 Å². The molecular formula is C20H26O3S. The Hall–Kier alpha value is -1.81. The number of hydrogen-bond acceptors (Lipinski definition) is 3. The normalized spacial score (nSPS) is 12.2. The Morgan fingerprint density at radius 2 is 1.21 bits per heavy atom. The Bertz CT molecular complexity index is 752. The monoisotopic (exact) mass is 346 g/mol. The van der Waals surface area contributed by atoms with Crippen LogP contribution < -0.4 is 4.74 Å². The maximum Gasteiger partial charge on any atom is 0.159 e. The van der Waals surface area contributed by atoms with Crippen molar-refractivity contribution < 1.29 is 13.2 Å². The Morgan fingerprint density at radius 3 is 1.62 bits per heavy atom. The lowest BCUT2D eigenvalue weighted by Gasteiger charge is -2.19. The maximum absolute atomic E-state index is 12.3. The van der Waals surface area contributed by atoms with E-state index in [0.29, 0.717) is 0 Å². The zero-order chi connectivity index (χ0) is 17.8. The average Bonchev–Trinajstić information content (AvgIpc) is 2.53. The zero-order valence-electron chi connectivity index (χ0n) is 14.9. The summed E-state index contributed by atoms with van der Waals surface area (Å²) in [5, 5.41) is 0. The van der Waals surface area contributed by atoms with Crippen LogP contribution in [0.3, 0.4) is 0 Å². The van der Waals surface area contributed by atoms with E-state index in [1.54, 1.807) is 27.9 Å². The average molecular weight is 346 g/mol. The first kappa shape index (κ1) is 18.5. The standard InChI is InChI=1S/C20H26O3S/c1-20(2,3)24(21,22)15-18-9-7-16(8-10-18)5-6-17-11-13-19(23-4)14-12-17/h7-14H,5-6,15H2,1-4H3. The second-order valence-electron chi connectivity index (χ2n) is 7.04. The molecule has 0 N–H and O–H groups in total. The summed E-state index contributed by atoms with van der Waals surface area (Å²) < 4.78 is 29.0. The van der Waals surface area contributed by atoms with Gasteiger partial charge < -0.3 is 4.74 Å². The number of sulfone groups is 1. The maximum atomic E-state index is 12.3. The van der Waals surface area contributed by atoms with Gasteiger partial charge in [-0.1, -0.05) is 36.4 Å². The van der Waals surface area contributed by atoms with Crippen LogP contribution in [0.4, 0.5) is 0 Å². The molecule has 0 heterocycles. The number of rotatable bonds is 6. The van der Waals surface area contributed by atoms with Crippen LogP contribution in [0.25, 0.3) is 0 Å². The van der Waals surface area contributed by atoms with E-state index in [0.717, 1.165) is 24.2 Å². The molecule has 0 saturated carbocycles. The smallest absolute Gasteiger partial charge is 0.159 e. The predicted octanol–water partition coefficient (Wildman–Crippen LogP) is 4.19. The molecule has 24 heavy (non-hydrogen) atoms. The van der Waals surface area contributed by atoms with Gasteiger partial charge in [-0.05, 0) is 62.4 Å². The highest BCUT2D eigenvalue weighted by molar-refractivity contribution is 7.91.